The largest absolute Gasteiger partial charge is 0.507 e. The molecule has 0 aromatic heterocycles. The second kappa shape index (κ2) is 6.33. The van der Waals surface area contributed by atoms with Crippen molar-refractivity contribution in [1.29, 1.82) is 0 Å². The third-order valence-electron chi connectivity index (χ3n) is 3.40. The summed E-state index contributed by atoms with van der Waals surface area (Å²) in [5.74, 6) is 0.945. The van der Waals surface area contributed by atoms with Gasteiger partial charge in [0.1, 0.15) is 11.5 Å². The number of aromatic hydroxyl groups is 1. The Hall–Kier alpha value is -2.16. The Labute approximate surface area is 120 Å². The molecule has 0 unspecified atom stereocenters. The van der Waals surface area contributed by atoms with Crippen LogP contribution in [0.3, 0.4) is 0 Å². The third-order valence-corrected chi connectivity index (χ3v) is 3.40. The van der Waals surface area contributed by atoms with Crippen molar-refractivity contribution >= 4 is 5.69 Å². The van der Waals surface area contributed by atoms with Crippen LogP contribution in [0.25, 0.3) is 0 Å². The van der Waals surface area contributed by atoms with Gasteiger partial charge >= 0.3 is 0 Å². The maximum absolute atomic E-state index is 10.1. The van der Waals surface area contributed by atoms with Gasteiger partial charge in [0.25, 0.3) is 0 Å². The van der Waals surface area contributed by atoms with E-state index < -0.39 is 0 Å². The second-order valence-electron chi connectivity index (χ2n) is 4.85. The summed E-state index contributed by atoms with van der Waals surface area (Å²) in [6.45, 7) is 5.76. The van der Waals surface area contributed by atoms with E-state index in [4.69, 9.17) is 4.74 Å². The van der Waals surface area contributed by atoms with Gasteiger partial charge in [-0.05, 0) is 43.7 Å². The maximum atomic E-state index is 10.1. The number of anilines is 1. The smallest absolute Gasteiger partial charge is 0.124 e. The monoisotopic (exact) mass is 271 g/mol. The third kappa shape index (κ3) is 3.23. The van der Waals surface area contributed by atoms with Gasteiger partial charge in [0.2, 0.25) is 0 Å². The van der Waals surface area contributed by atoms with Crippen LogP contribution in [0.1, 0.15) is 18.1 Å². The number of nitrogens with zero attached hydrogens (tertiary/aromatic N) is 1. The molecule has 0 amide bonds. The predicted molar refractivity (Wildman–Crippen MR) is 82.6 cm³/mol. The van der Waals surface area contributed by atoms with Crippen molar-refractivity contribution in [3.05, 3.63) is 53.6 Å². The normalized spacial score (nSPS) is 10.3. The zero-order valence-corrected chi connectivity index (χ0v) is 12.3. The molecule has 0 radical (unpaired) electrons. The number of phenolic OH excluding ortho intramolecular Hbond substituents is 1. The van der Waals surface area contributed by atoms with Gasteiger partial charge in [0.15, 0.2) is 0 Å². The first-order valence-corrected chi connectivity index (χ1v) is 6.81. The summed E-state index contributed by atoms with van der Waals surface area (Å²) in [6, 6.07) is 13.8. The Morgan fingerprint density at radius 2 is 1.95 bits per heavy atom. The molecule has 106 valence electrons. The van der Waals surface area contributed by atoms with Crippen LogP contribution in [-0.4, -0.2) is 18.8 Å². The van der Waals surface area contributed by atoms with E-state index in [2.05, 4.69) is 43.0 Å². The molecular formula is C17H21NO2. The molecule has 1 N–H and O–H groups in total. The van der Waals surface area contributed by atoms with Gasteiger partial charge < -0.3 is 14.7 Å². The summed E-state index contributed by atoms with van der Waals surface area (Å²) in [6.07, 6.45) is 0. The number of ether oxygens (including phenoxy) is 1. The van der Waals surface area contributed by atoms with E-state index in [9.17, 15) is 5.11 Å². The molecule has 0 heterocycles. The van der Waals surface area contributed by atoms with E-state index in [1.807, 2.05) is 12.1 Å². The molecule has 0 atom stereocenters. The number of hydrogen-bond donors (Lipinski definition) is 1. The van der Waals surface area contributed by atoms with Crippen molar-refractivity contribution in [2.75, 3.05) is 18.6 Å². The van der Waals surface area contributed by atoms with Crippen LogP contribution in [0.5, 0.6) is 11.5 Å². The Kier molecular flexibility index (Phi) is 4.51. The lowest BCUT2D eigenvalue weighted by Crippen LogP contribution is -2.22. The van der Waals surface area contributed by atoms with Crippen LogP contribution in [0.15, 0.2) is 42.5 Å². The molecule has 20 heavy (non-hydrogen) atoms. The highest BCUT2D eigenvalue weighted by Crippen LogP contribution is 2.26. The highest BCUT2D eigenvalue weighted by Gasteiger charge is 2.09. The Bertz CT molecular complexity index is 581. The topological polar surface area (TPSA) is 32.7 Å². The Balaban J connectivity index is 2.22. The van der Waals surface area contributed by atoms with E-state index in [-0.39, 0.29) is 5.75 Å². The van der Waals surface area contributed by atoms with Crippen LogP contribution < -0.4 is 9.64 Å². The van der Waals surface area contributed by atoms with Gasteiger partial charge in [-0.1, -0.05) is 12.1 Å². The fourth-order valence-electron chi connectivity index (χ4n) is 2.22. The molecule has 2 rings (SSSR count). The number of benzene rings is 2. The van der Waals surface area contributed by atoms with Crippen LogP contribution in [0, 0.1) is 6.92 Å². The first-order chi connectivity index (χ1) is 9.63. The van der Waals surface area contributed by atoms with E-state index >= 15 is 0 Å². The first kappa shape index (κ1) is 14.3. The number of aryl methyl sites for hydroxylation is 1. The van der Waals surface area contributed by atoms with Crippen molar-refractivity contribution in [2.45, 2.75) is 20.4 Å². The fourth-order valence-corrected chi connectivity index (χ4v) is 2.22. The molecule has 0 aliphatic heterocycles. The van der Waals surface area contributed by atoms with Crippen molar-refractivity contribution < 1.29 is 9.84 Å². The van der Waals surface area contributed by atoms with Crippen molar-refractivity contribution in [2.24, 2.45) is 0 Å². The quantitative estimate of drug-likeness (QED) is 0.899. The average molecular weight is 271 g/mol. The van der Waals surface area contributed by atoms with Gasteiger partial charge in [0, 0.05) is 30.4 Å². The zero-order valence-electron chi connectivity index (χ0n) is 12.3. The van der Waals surface area contributed by atoms with Crippen molar-refractivity contribution in [3.8, 4) is 11.5 Å². The van der Waals surface area contributed by atoms with Crippen LogP contribution in [0.2, 0.25) is 0 Å². The number of hydrogen-bond acceptors (Lipinski definition) is 3. The lowest BCUT2D eigenvalue weighted by molar-refractivity contribution is 0.406. The molecule has 0 bridgehead atoms. The molecular weight excluding hydrogens is 250 g/mol. The van der Waals surface area contributed by atoms with Gasteiger partial charge in [-0.2, -0.15) is 0 Å². The van der Waals surface area contributed by atoms with Gasteiger partial charge in [0.05, 0.1) is 7.11 Å². The molecule has 0 aliphatic rings. The first-order valence-electron chi connectivity index (χ1n) is 6.81. The lowest BCUT2D eigenvalue weighted by atomic mass is 10.1. The number of rotatable bonds is 5. The summed E-state index contributed by atoms with van der Waals surface area (Å²) in [5, 5.41) is 10.1. The SMILES string of the molecule is CCN(Cc1ccc(OC)cc1O)c1cccc(C)c1. The molecule has 0 saturated heterocycles. The molecule has 2 aromatic rings. The average Bonchev–Trinajstić information content (AvgIpc) is 2.46. The second-order valence-corrected chi connectivity index (χ2v) is 4.85. The summed E-state index contributed by atoms with van der Waals surface area (Å²) in [7, 11) is 1.60. The lowest BCUT2D eigenvalue weighted by Gasteiger charge is -2.24. The predicted octanol–water partition coefficient (Wildman–Crippen LogP) is 3.74. The Morgan fingerprint density at radius 3 is 2.55 bits per heavy atom. The minimum absolute atomic E-state index is 0.274. The molecule has 3 heteroatoms. The van der Waals surface area contributed by atoms with E-state index in [0.717, 1.165) is 12.1 Å². The van der Waals surface area contributed by atoms with Gasteiger partial charge in [-0.3, -0.25) is 0 Å². The summed E-state index contributed by atoms with van der Waals surface area (Å²) < 4.78 is 5.11. The molecule has 0 aliphatic carbocycles. The zero-order chi connectivity index (χ0) is 14.5. The fraction of sp³-hybridized carbons (Fsp3) is 0.294. The highest BCUT2D eigenvalue weighted by atomic mass is 16.5. The molecule has 0 saturated carbocycles. The van der Waals surface area contributed by atoms with E-state index in [1.54, 1.807) is 13.2 Å². The molecule has 3 nitrogen and oxygen atoms in total. The van der Waals surface area contributed by atoms with Crippen molar-refractivity contribution in [1.82, 2.24) is 0 Å². The van der Waals surface area contributed by atoms with Crippen LogP contribution >= 0.6 is 0 Å². The maximum Gasteiger partial charge on any atom is 0.124 e. The minimum Gasteiger partial charge on any atom is -0.507 e. The Morgan fingerprint density at radius 1 is 1.15 bits per heavy atom. The van der Waals surface area contributed by atoms with Crippen molar-refractivity contribution in [3.63, 3.8) is 0 Å². The van der Waals surface area contributed by atoms with Crippen LogP contribution in [-0.2, 0) is 6.54 Å². The molecule has 2 aromatic carbocycles. The number of phenols is 1. The number of methoxy groups -OCH3 is 1. The molecule has 0 fully saturated rings. The highest BCUT2D eigenvalue weighted by molar-refractivity contribution is 5.50. The summed E-state index contributed by atoms with van der Waals surface area (Å²) >= 11 is 0. The standard InChI is InChI=1S/C17H21NO2/c1-4-18(15-7-5-6-13(2)10-15)12-14-8-9-16(20-3)11-17(14)19/h5-11,19H,4,12H2,1-3H3. The van der Waals surface area contributed by atoms with Crippen LogP contribution in [0.4, 0.5) is 5.69 Å². The van der Waals surface area contributed by atoms with E-state index in [0.29, 0.717) is 12.3 Å². The summed E-state index contributed by atoms with van der Waals surface area (Å²) in [4.78, 5) is 2.23. The van der Waals surface area contributed by atoms with Gasteiger partial charge in [-0.25, -0.2) is 0 Å². The minimum atomic E-state index is 0.274. The van der Waals surface area contributed by atoms with Gasteiger partial charge in [-0.15, -0.1) is 0 Å². The summed E-state index contributed by atoms with van der Waals surface area (Å²) in [5.41, 5.74) is 3.30. The van der Waals surface area contributed by atoms with E-state index in [1.165, 1.54) is 11.3 Å². The molecule has 0 spiro atoms.